The summed E-state index contributed by atoms with van der Waals surface area (Å²) in [5, 5.41) is 4.32. The largest absolute Gasteiger partial charge is 0.376 e. The van der Waals surface area contributed by atoms with Crippen LogP contribution in [0.3, 0.4) is 0 Å². The minimum absolute atomic E-state index is 0.0469. The molecular formula is C20H26N4OS. The number of thiocarbonyl (C=S) groups is 1. The van der Waals surface area contributed by atoms with Crippen LogP contribution in [0, 0.1) is 13.8 Å². The fourth-order valence-corrected chi connectivity index (χ4v) is 4.45. The van der Waals surface area contributed by atoms with Crippen LogP contribution >= 0.6 is 12.2 Å². The third kappa shape index (κ3) is 3.01. The summed E-state index contributed by atoms with van der Waals surface area (Å²) in [5.74, 6) is 0. The van der Waals surface area contributed by atoms with Gasteiger partial charge in [-0.1, -0.05) is 6.07 Å². The number of hydrogen-bond donors (Lipinski definition) is 1. The molecule has 0 amide bonds. The van der Waals surface area contributed by atoms with Crippen LogP contribution in [-0.4, -0.2) is 38.8 Å². The van der Waals surface area contributed by atoms with Crippen molar-refractivity contribution in [1.29, 1.82) is 0 Å². The molecule has 0 bridgehead atoms. The van der Waals surface area contributed by atoms with Gasteiger partial charge in [-0.05, 0) is 62.7 Å². The van der Waals surface area contributed by atoms with Gasteiger partial charge in [-0.25, -0.2) is 0 Å². The third-order valence-electron chi connectivity index (χ3n) is 5.76. The first-order valence-corrected chi connectivity index (χ1v) is 9.69. The molecule has 2 aliphatic rings. The van der Waals surface area contributed by atoms with Gasteiger partial charge in [0.1, 0.15) is 0 Å². The molecule has 0 saturated carbocycles. The highest BCUT2D eigenvalue weighted by Crippen LogP contribution is 2.41. The van der Waals surface area contributed by atoms with Crippen LogP contribution in [0.4, 0.5) is 0 Å². The van der Waals surface area contributed by atoms with E-state index < -0.39 is 0 Å². The lowest BCUT2D eigenvalue weighted by molar-refractivity contribution is 0.0842. The van der Waals surface area contributed by atoms with Crippen molar-refractivity contribution in [1.82, 2.24) is 19.8 Å². The number of aromatic nitrogens is 2. The van der Waals surface area contributed by atoms with Crippen molar-refractivity contribution >= 4 is 17.3 Å². The van der Waals surface area contributed by atoms with Crippen LogP contribution in [0.15, 0.2) is 30.5 Å². The van der Waals surface area contributed by atoms with E-state index >= 15 is 0 Å². The average molecular weight is 371 g/mol. The van der Waals surface area contributed by atoms with E-state index in [0.717, 1.165) is 36.8 Å². The fraction of sp³-hybridized carbons (Fsp3) is 0.500. The Hall–Kier alpha value is -1.92. The quantitative estimate of drug-likeness (QED) is 0.837. The normalized spacial score (nSPS) is 25.7. The van der Waals surface area contributed by atoms with E-state index in [0.29, 0.717) is 0 Å². The molecule has 5 nitrogen and oxygen atoms in total. The third-order valence-corrected chi connectivity index (χ3v) is 6.11. The smallest absolute Gasteiger partial charge is 0.170 e. The summed E-state index contributed by atoms with van der Waals surface area (Å²) in [4.78, 5) is 6.92. The van der Waals surface area contributed by atoms with Gasteiger partial charge in [0.2, 0.25) is 0 Å². The van der Waals surface area contributed by atoms with Crippen LogP contribution < -0.4 is 5.32 Å². The number of aryl methyl sites for hydroxylation is 1. The van der Waals surface area contributed by atoms with Crippen LogP contribution in [0.25, 0.3) is 0 Å². The van der Waals surface area contributed by atoms with E-state index in [9.17, 15) is 0 Å². The van der Waals surface area contributed by atoms with Gasteiger partial charge in [0.05, 0.1) is 23.9 Å². The maximum atomic E-state index is 5.90. The summed E-state index contributed by atoms with van der Waals surface area (Å²) in [5.41, 5.74) is 4.87. The maximum Gasteiger partial charge on any atom is 0.170 e. The molecule has 138 valence electrons. The van der Waals surface area contributed by atoms with Crippen molar-refractivity contribution < 1.29 is 4.74 Å². The molecule has 2 aromatic heterocycles. The molecule has 0 aliphatic carbocycles. The Morgan fingerprint density at radius 3 is 2.81 bits per heavy atom. The Balaban J connectivity index is 1.74. The van der Waals surface area contributed by atoms with Crippen molar-refractivity contribution in [2.45, 2.75) is 44.9 Å². The Kier molecular flexibility index (Phi) is 4.71. The van der Waals surface area contributed by atoms with Gasteiger partial charge in [-0.3, -0.25) is 4.98 Å². The van der Waals surface area contributed by atoms with Crippen molar-refractivity contribution in [3.05, 3.63) is 53.1 Å². The lowest BCUT2D eigenvalue weighted by Crippen LogP contribution is -2.36. The zero-order valence-corrected chi connectivity index (χ0v) is 16.4. The summed E-state index contributed by atoms with van der Waals surface area (Å²) in [6.45, 7) is 6.02. The minimum Gasteiger partial charge on any atom is -0.376 e. The van der Waals surface area contributed by atoms with Gasteiger partial charge in [-0.2, -0.15) is 0 Å². The molecule has 0 radical (unpaired) electrons. The Bertz CT molecular complexity index is 798. The number of ether oxygens (including phenoxy) is 1. The highest BCUT2D eigenvalue weighted by Gasteiger charge is 2.42. The zero-order valence-electron chi connectivity index (χ0n) is 15.6. The van der Waals surface area contributed by atoms with E-state index in [1.165, 1.54) is 17.0 Å². The van der Waals surface area contributed by atoms with E-state index in [1.54, 1.807) is 0 Å². The van der Waals surface area contributed by atoms with Crippen LogP contribution in [0.1, 0.15) is 47.6 Å². The lowest BCUT2D eigenvalue weighted by atomic mass is 9.96. The standard InChI is InChI=1S/C20H26N4OS/c1-13-11-16(14(2)23(13)3)19-18(17-8-4-5-9-21-17)22-20(26)24(19)12-15-7-6-10-25-15/h4-5,8-9,11,15,18-19H,6-7,10,12H2,1-3H3,(H,22,26)/t15-,18-,19-/m1/s1. The fourth-order valence-electron chi connectivity index (χ4n) is 4.13. The van der Waals surface area contributed by atoms with Gasteiger partial charge in [0.15, 0.2) is 5.11 Å². The predicted octanol–water partition coefficient (Wildman–Crippen LogP) is 3.19. The summed E-state index contributed by atoms with van der Waals surface area (Å²) >= 11 is 5.74. The molecule has 3 atom stereocenters. The Morgan fingerprint density at radius 1 is 1.35 bits per heavy atom. The van der Waals surface area contributed by atoms with E-state index in [1.807, 2.05) is 18.3 Å². The summed E-state index contributed by atoms with van der Waals surface area (Å²) in [6, 6.07) is 8.53. The highest BCUT2D eigenvalue weighted by atomic mass is 32.1. The molecule has 2 saturated heterocycles. The monoisotopic (exact) mass is 370 g/mol. The number of pyridine rings is 1. The lowest BCUT2D eigenvalue weighted by Gasteiger charge is -2.29. The Labute approximate surface area is 160 Å². The van der Waals surface area contributed by atoms with Gasteiger partial charge < -0.3 is 19.5 Å². The van der Waals surface area contributed by atoms with Crippen molar-refractivity contribution in [2.75, 3.05) is 13.2 Å². The summed E-state index contributed by atoms with van der Waals surface area (Å²) in [6.07, 6.45) is 4.34. The molecule has 2 fully saturated rings. The second-order valence-corrected chi connectivity index (χ2v) is 7.69. The molecule has 4 rings (SSSR count). The van der Waals surface area contributed by atoms with Crippen LogP contribution in [0.2, 0.25) is 0 Å². The zero-order chi connectivity index (χ0) is 18.3. The average Bonchev–Trinajstić information content (AvgIpc) is 3.33. The van der Waals surface area contributed by atoms with Gasteiger partial charge >= 0.3 is 0 Å². The maximum absolute atomic E-state index is 5.90. The van der Waals surface area contributed by atoms with E-state index in [-0.39, 0.29) is 18.2 Å². The second-order valence-electron chi connectivity index (χ2n) is 7.30. The number of hydrogen-bond acceptors (Lipinski definition) is 3. The van der Waals surface area contributed by atoms with Crippen molar-refractivity contribution in [3.8, 4) is 0 Å². The minimum atomic E-state index is 0.0469. The molecule has 0 unspecified atom stereocenters. The predicted molar refractivity (Wildman–Crippen MR) is 106 cm³/mol. The summed E-state index contributed by atoms with van der Waals surface area (Å²) < 4.78 is 8.14. The topological polar surface area (TPSA) is 42.3 Å². The molecule has 26 heavy (non-hydrogen) atoms. The van der Waals surface area contributed by atoms with Crippen molar-refractivity contribution in [3.63, 3.8) is 0 Å². The first kappa shape index (κ1) is 17.5. The van der Waals surface area contributed by atoms with Gasteiger partial charge in [-0.15, -0.1) is 0 Å². The molecule has 6 heteroatoms. The highest BCUT2D eigenvalue weighted by molar-refractivity contribution is 7.80. The SMILES string of the molecule is Cc1cc([C@@H]2[C@@H](c3ccccn3)NC(=S)N2C[C@H]2CCCO2)c(C)n1C. The Morgan fingerprint density at radius 2 is 2.19 bits per heavy atom. The van der Waals surface area contributed by atoms with Crippen LogP contribution in [0.5, 0.6) is 0 Å². The van der Waals surface area contributed by atoms with Gasteiger partial charge in [0, 0.05) is 37.8 Å². The molecule has 0 spiro atoms. The van der Waals surface area contributed by atoms with Crippen molar-refractivity contribution in [2.24, 2.45) is 7.05 Å². The first-order chi connectivity index (χ1) is 12.6. The van der Waals surface area contributed by atoms with E-state index in [2.05, 4.69) is 52.8 Å². The molecular weight excluding hydrogens is 344 g/mol. The van der Waals surface area contributed by atoms with Crippen LogP contribution in [-0.2, 0) is 11.8 Å². The van der Waals surface area contributed by atoms with Gasteiger partial charge in [0.25, 0.3) is 0 Å². The molecule has 0 aromatic carbocycles. The summed E-state index contributed by atoms with van der Waals surface area (Å²) in [7, 11) is 2.12. The molecule has 4 heterocycles. The molecule has 1 N–H and O–H groups in total. The number of nitrogens with one attached hydrogen (secondary N) is 1. The first-order valence-electron chi connectivity index (χ1n) is 9.28. The molecule has 2 aliphatic heterocycles. The van der Waals surface area contributed by atoms with E-state index in [4.69, 9.17) is 17.0 Å². The number of nitrogens with zero attached hydrogens (tertiary/aromatic N) is 3. The second kappa shape index (κ2) is 7.00. The number of rotatable bonds is 4. The molecule has 2 aromatic rings.